The normalized spacial score (nSPS) is 16.4. The largest absolute Gasteiger partial charge is 0.310 e. The van der Waals surface area contributed by atoms with E-state index in [0.29, 0.717) is 0 Å². The quantitative estimate of drug-likeness (QED) is 0.164. The van der Waals surface area contributed by atoms with Crippen molar-refractivity contribution in [1.82, 2.24) is 0 Å². The Kier molecular flexibility index (Phi) is 7.74. The molecule has 0 spiro atoms. The Labute approximate surface area is 344 Å². The Morgan fingerprint density at radius 3 is 1.73 bits per heavy atom. The van der Waals surface area contributed by atoms with Crippen LogP contribution in [0.4, 0.5) is 17.1 Å². The Balaban J connectivity index is 1.00. The summed E-state index contributed by atoms with van der Waals surface area (Å²) in [6.45, 7) is 0. The van der Waals surface area contributed by atoms with Gasteiger partial charge in [0, 0.05) is 22.7 Å². The average molecular weight is 750 g/mol. The predicted octanol–water partition coefficient (Wildman–Crippen LogP) is 15.6. The molecule has 8 aromatic rings. The highest BCUT2D eigenvalue weighted by atomic mass is 15.1. The first-order valence-corrected chi connectivity index (χ1v) is 20.7. The molecule has 1 unspecified atom stereocenters. The summed E-state index contributed by atoms with van der Waals surface area (Å²) in [6.07, 6.45) is 19.6. The van der Waals surface area contributed by atoms with Crippen LogP contribution in [0.1, 0.15) is 12.0 Å². The molecule has 0 aliphatic heterocycles. The molecule has 59 heavy (non-hydrogen) atoms. The summed E-state index contributed by atoms with van der Waals surface area (Å²) in [6, 6.07) is 62.5. The second kappa shape index (κ2) is 13.6. The standard InChI is InChI=1S/C58H39N/c1-3-11-44-35-46(23-19-38(44)9-1)40-25-29-49(30-26-40)59(50-31-27-41(28-32-50)47-24-20-39-10-2-4-12-45(39)36-47)56-34-33-52(51-16-5-6-17-53(51)56)55-37-48-15-7-13-42-21-22-43-14-8-18-54(55)58(43)57(42)48/h1-14,16-37,58H,15H2. The van der Waals surface area contributed by atoms with Crippen LogP contribution in [-0.2, 0) is 0 Å². The van der Waals surface area contributed by atoms with E-state index in [1.165, 1.54) is 93.6 Å². The smallest absolute Gasteiger partial charge is 0.0540 e. The molecular formula is C58H39N. The van der Waals surface area contributed by atoms with E-state index < -0.39 is 0 Å². The van der Waals surface area contributed by atoms with Crippen molar-refractivity contribution in [3.63, 3.8) is 0 Å². The third-order valence-corrected chi connectivity index (χ3v) is 12.7. The molecule has 0 saturated heterocycles. The van der Waals surface area contributed by atoms with Gasteiger partial charge in [0.25, 0.3) is 0 Å². The van der Waals surface area contributed by atoms with E-state index in [0.717, 1.165) is 23.5 Å². The summed E-state index contributed by atoms with van der Waals surface area (Å²) in [5.41, 5.74) is 17.9. The van der Waals surface area contributed by atoms with E-state index in [1.54, 1.807) is 0 Å². The summed E-state index contributed by atoms with van der Waals surface area (Å²) >= 11 is 0. The van der Waals surface area contributed by atoms with Gasteiger partial charge in [-0.3, -0.25) is 0 Å². The van der Waals surface area contributed by atoms with Crippen molar-refractivity contribution in [3.05, 3.63) is 252 Å². The van der Waals surface area contributed by atoms with Crippen LogP contribution in [0.2, 0.25) is 0 Å². The molecule has 0 heterocycles. The molecule has 276 valence electrons. The maximum atomic E-state index is 2.48. The number of fused-ring (bicyclic) bond motifs is 3. The SMILES string of the molecule is C1=CC2=C(c3ccc(N(c4ccc(-c5ccc6ccccc6c5)cc4)c4ccc(-c5ccc6ccccc6c5)cc4)c4ccccc34)C=C3CC=CC4=C3C2C(=C1)C=C4. The van der Waals surface area contributed by atoms with Crippen LogP contribution in [0.25, 0.3) is 60.1 Å². The zero-order chi connectivity index (χ0) is 38.9. The van der Waals surface area contributed by atoms with Gasteiger partial charge in [-0.05, 0) is 137 Å². The second-order valence-corrected chi connectivity index (χ2v) is 16.0. The van der Waals surface area contributed by atoms with E-state index in [2.05, 4.69) is 223 Å². The minimum Gasteiger partial charge on any atom is -0.310 e. The van der Waals surface area contributed by atoms with Crippen molar-refractivity contribution < 1.29 is 0 Å². The van der Waals surface area contributed by atoms with E-state index in [1.807, 2.05) is 0 Å². The second-order valence-electron chi connectivity index (χ2n) is 16.0. The first-order chi connectivity index (χ1) is 29.2. The summed E-state index contributed by atoms with van der Waals surface area (Å²) in [4.78, 5) is 2.43. The Bertz CT molecular complexity index is 3150. The molecule has 0 radical (unpaired) electrons. The van der Waals surface area contributed by atoms with Gasteiger partial charge < -0.3 is 4.90 Å². The number of hydrogen-bond donors (Lipinski definition) is 0. The monoisotopic (exact) mass is 749 g/mol. The molecule has 0 N–H and O–H groups in total. The molecular weight excluding hydrogens is 711 g/mol. The van der Waals surface area contributed by atoms with E-state index in [9.17, 15) is 0 Å². The lowest BCUT2D eigenvalue weighted by Crippen LogP contribution is -2.22. The molecule has 0 bridgehead atoms. The molecule has 4 aliphatic carbocycles. The van der Waals surface area contributed by atoms with Crippen LogP contribution in [0.5, 0.6) is 0 Å². The van der Waals surface area contributed by atoms with Gasteiger partial charge in [-0.15, -0.1) is 0 Å². The molecule has 4 aliphatic rings. The molecule has 1 atom stereocenters. The number of benzene rings is 8. The summed E-state index contributed by atoms with van der Waals surface area (Å²) in [5, 5.41) is 7.49. The summed E-state index contributed by atoms with van der Waals surface area (Å²) in [5.74, 6) is 0.275. The molecule has 0 amide bonds. The fourth-order valence-corrected chi connectivity index (χ4v) is 9.85. The highest BCUT2D eigenvalue weighted by Gasteiger charge is 2.35. The fraction of sp³-hybridized carbons (Fsp3) is 0.0345. The zero-order valence-corrected chi connectivity index (χ0v) is 32.5. The highest BCUT2D eigenvalue weighted by molar-refractivity contribution is 6.07. The highest BCUT2D eigenvalue weighted by Crippen LogP contribution is 2.52. The number of anilines is 3. The lowest BCUT2D eigenvalue weighted by Gasteiger charge is -2.37. The van der Waals surface area contributed by atoms with Crippen LogP contribution in [0.3, 0.4) is 0 Å². The average Bonchev–Trinajstić information content (AvgIpc) is 3.31. The molecule has 0 aromatic heterocycles. The number of hydrogen-bond acceptors (Lipinski definition) is 1. The van der Waals surface area contributed by atoms with Crippen molar-refractivity contribution in [2.24, 2.45) is 5.92 Å². The van der Waals surface area contributed by atoms with Gasteiger partial charge in [0.2, 0.25) is 0 Å². The topological polar surface area (TPSA) is 3.24 Å². The fourth-order valence-electron chi connectivity index (χ4n) is 9.85. The van der Waals surface area contributed by atoms with Gasteiger partial charge in [0.05, 0.1) is 5.69 Å². The number of nitrogens with zero attached hydrogens (tertiary/aromatic N) is 1. The molecule has 1 heteroatoms. The van der Waals surface area contributed by atoms with Crippen molar-refractivity contribution in [3.8, 4) is 22.3 Å². The maximum absolute atomic E-state index is 2.48. The Morgan fingerprint density at radius 2 is 1.07 bits per heavy atom. The predicted molar refractivity (Wildman–Crippen MR) is 250 cm³/mol. The van der Waals surface area contributed by atoms with Crippen molar-refractivity contribution in [2.45, 2.75) is 6.42 Å². The maximum Gasteiger partial charge on any atom is 0.0540 e. The first-order valence-electron chi connectivity index (χ1n) is 20.7. The lowest BCUT2D eigenvalue weighted by molar-refractivity contribution is 0.836. The third-order valence-electron chi connectivity index (χ3n) is 12.7. The summed E-state index contributed by atoms with van der Waals surface area (Å²) < 4.78 is 0. The van der Waals surface area contributed by atoms with E-state index in [4.69, 9.17) is 0 Å². The first kappa shape index (κ1) is 33.6. The molecule has 1 nitrogen and oxygen atoms in total. The van der Waals surface area contributed by atoms with Crippen LogP contribution < -0.4 is 4.90 Å². The van der Waals surface area contributed by atoms with Crippen molar-refractivity contribution in [1.29, 1.82) is 0 Å². The summed E-state index contributed by atoms with van der Waals surface area (Å²) in [7, 11) is 0. The molecule has 8 aromatic carbocycles. The minimum atomic E-state index is 0.275. The molecule has 0 fully saturated rings. The van der Waals surface area contributed by atoms with Crippen LogP contribution in [0.15, 0.2) is 246 Å². The van der Waals surface area contributed by atoms with Crippen molar-refractivity contribution >= 4 is 55.0 Å². The Morgan fingerprint density at radius 1 is 0.475 bits per heavy atom. The Hall–Kier alpha value is -7.48. The number of allylic oxidation sites excluding steroid dienone is 14. The minimum absolute atomic E-state index is 0.275. The van der Waals surface area contributed by atoms with Gasteiger partial charge >= 0.3 is 0 Å². The van der Waals surface area contributed by atoms with Gasteiger partial charge in [0.15, 0.2) is 0 Å². The zero-order valence-electron chi connectivity index (χ0n) is 32.5. The van der Waals surface area contributed by atoms with Gasteiger partial charge in [0.1, 0.15) is 0 Å². The number of rotatable bonds is 6. The van der Waals surface area contributed by atoms with Crippen LogP contribution >= 0.6 is 0 Å². The van der Waals surface area contributed by atoms with Crippen LogP contribution in [0, 0.1) is 5.92 Å². The molecule has 0 saturated carbocycles. The van der Waals surface area contributed by atoms with E-state index in [-0.39, 0.29) is 5.92 Å². The lowest BCUT2D eigenvalue weighted by atomic mass is 9.66. The van der Waals surface area contributed by atoms with Gasteiger partial charge in [-0.25, -0.2) is 0 Å². The van der Waals surface area contributed by atoms with E-state index >= 15 is 0 Å². The molecule has 12 rings (SSSR count). The van der Waals surface area contributed by atoms with Crippen molar-refractivity contribution in [2.75, 3.05) is 4.90 Å². The van der Waals surface area contributed by atoms with Crippen LogP contribution in [-0.4, -0.2) is 0 Å². The van der Waals surface area contributed by atoms with Gasteiger partial charge in [-0.1, -0.05) is 176 Å². The third kappa shape index (κ3) is 5.62. The van der Waals surface area contributed by atoms with Gasteiger partial charge in [-0.2, -0.15) is 0 Å².